The maximum atomic E-state index is 5.75. The molecule has 0 aliphatic rings. The summed E-state index contributed by atoms with van der Waals surface area (Å²) in [4.78, 5) is 4.22. The minimum Gasteiger partial charge on any atom is -0.492 e. The molecule has 0 unspecified atom stereocenters. The smallest absolute Gasteiger partial charge is 0.221 e. The average Bonchev–Trinajstić information content (AvgIpc) is 3.46. The fourth-order valence-corrected chi connectivity index (χ4v) is 3.12. The maximum Gasteiger partial charge on any atom is 0.221 e. The van der Waals surface area contributed by atoms with E-state index in [4.69, 9.17) is 14.4 Å². The standard InChI is InChI=1S/C18H15N9O2/c1-10-7-12(24-29-10)17-21-22-18-16(28-3)14(11-5-4-6-19-8-11)15(23-27(17)18)13-9-26(2)25-20-13/h4-9H,1-3H3. The molecule has 0 spiro atoms. The number of aryl methyl sites for hydroxylation is 2. The van der Waals surface area contributed by atoms with Crippen LogP contribution >= 0.6 is 0 Å². The molecule has 0 saturated carbocycles. The average molecular weight is 389 g/mol. The molecule has 0 amide bonds. The van der Waals surface area contributed by atoms with Crippen LogP contribution < -0.4 is 4.74 Å². The summed E-state index contributed by atoms with van der Waals surface area (Å²) >= 11 is 0. The fourth-order valence-electron chi connectivity index (χ4n) is 3.12. The van der Waals surface area contributed by atoms with Crippen molar-refractivity contribution in [1.82, 2.24) is 44.9 Å². The van der Waals surface area contributed by atoms with Crippen molar-refractivity contribution in [2.45, 2.75) is 6.92 Å². The summed E-state index contributed by atoms with van der Waals surface area (Å²) in [5.74, 6) is 1.58. The summed E-state index contributed by atoms with van der Waals surface area (Å²) in [6.07, 6.45) is 5.21. The Hall–Kier alpha value is -4.15. The third-order valence-corrected chi connectivity index (χ3v) is 4.36. The molecule has 5 heterocycles. The summed E-state index contributed by atoms with van der Waals surface area (Å²) in [6.45, 7) is 1.80. The van der Waals surface area contributed by atoms with E-state index in [0.29, 0.717) is 45.6 Å². The van der Waals surface area contributed by atoms with E-state index in [1.165, 1.54) is 0 Å². The fraction of sp³-hybridized carbons (Fsp3) is 0.167. The van der Waals surface area contributed by atoms with Gasteiger partial charge in [0.05, 0.1) is 18.9 Å². The van der Waals surface area contributed by atoms with Crippen LogP contribution in [0.1, 0.15) is 5.76 Å². The zero-order valence-corrected chi connectivity index (χ0v) is 15.8. The van der Waals surface area contributed by atoms with Crippen molar-refractivity contribution in [3.63, 3.8) is 0 Å². The second-order valence-corrected chi connectivity index (χ2v) is 6.36. The van der Waals surface area contributed by atoms with Gasteiger partial charge >= 0.3 is 0 Å². The second kappa shape index (κ2) is 6.48. The molecule has 0 aromatic carbocycles. The Morgan fingerprint density at radius 2 is 2.03 bits per heavy atom. The van der Waals surface area contributed by atoms with Gasteiger partial charge in [-0.25, -0.2) is 0 Å². The van der Waals surface area contributed by atoms with Crippen LogP contribution in [0.25, 0.3) is 39.7 Å². The molecule has 5 aromatic heterocycles. The molecular weight excluding hydrogens is 374 g/mol. The van der Waals surface area contributed by atoms with Gasteiger partial charge in [-0.05, 0) is 13.0 Å². The normalized spacial score (nSPS) is 11.3. The predicted molar refractivity (Wildman–Crippen MR) is 101 cm³/mol. The summed E-state index contributed by atoms with van der Waals surface area (Å²) in [5, 5.41) is 25.6. The van der Waals surface area contributed by atoms with Gasteiger partial charge < -0.3 is 9.26 Å². The van der Waals surface area contributed by atoms with Crippen molar-refractivity contribution in [3.8, 4) is 39.8 Å². The van der Waals surface area contributed by atoms with E-state index in [-0.39, 0.29) is 0 Å². The number of ether oxygens (including phenoxy) is 1. The van der Waals surface area contributed by atoms with Crippen LogP contribution in [0.3, 0.4) is 0 Å². The maximum absolute atomic E-state index is 5.75. The number of aromatic nitrogens is 9. The number of rotatable bonds is 4. The Bertz CT molecular complexity index is 1320. The molecule has 0 aliphatic carbocycles. The van der Waals surface area contributed by atoms with E-state index in [0.717, 1.165) is 5.56 Å². The lowest BCUT2D eigenvalue weighted by atomic mass is 10.0. The molecule has 0 aliphatic heterocycles. The van der Waals surface area contributed by atoms with Gasteiger partial charge in [-0.1, -0.05) is 16.4 Å². The molecule has 11 nitrogen and oxygen atoms in total. The van der Waals surface area contributed by atoms with Crippen LogP contribution in [-0.4, -0.2) is 52.1 Å². The molecule has 144 valence electrons. The van der Waals surface area contributed by atoms with Crippen molar-refractivity contribution in [3.05, 3.63) is 42.5 Å². The first kappa shape index (κ1) is 17.0. The Morgan fingerprint density at radius 1 is 1.14 bits per heavy atom. The van der Waals surface area contributed by atoms with E-state index in [1.807, 2.05) is 12.1 Å². The van der Waals surface area contributed by atoms with Crippen molar-refractivity contribution in [2.24, 2.45) is 7.05 Å². The lowest BCUT2D eigenvalue weighted by Gasteiger charge is -2.13. The molecule has 5 rings (SSSR count). The van der Waals surface area contributed by atoms with E-state index in [1.54, 1.807) is 54.9 Å². The van der Waals surface area contributed by atoms with Crippen LogP contribution in [0, 0.1) is 6.92 Å². The third-order valence-electron chi connectivity index (χ3n) is 4.36. The van der Waals surface area contributed by atoms with Crippen molar-refractivity contribution in [2.75, 3.05) is 7.11 Å². The summed E-state index contributed by atoms with van der Waals surface area (Å²) < 4.78 is 14.1. The zero-order chi connectivity index (χ0) is 20.0. The number of hydrogen-bond acceptors (Lipinski definition) is 9. The van der Waals surface area contributed by atoms with Crippen molar-refractivity contribution < 1.29 is 9.26 Å². The van der Waals surface area contributed by atoms with Gasteiger partial charge in [0.15, 0.2) is 11.4 Å². The number of fused-ring (bicyclic) bond motifs is 1. The van der Waals surface area contributed by atoms with Crippen LogP contribution in [0.15, 0.2) is 41.3 Å². The summed E-state index contributed by atoms with van der Waals surface area (Å²) in [7, 11) is 3.36. The molecule has 0 saturated heterocycles. The summed E-state index contributed by atoms with van der Waals surface area (Å²) in [5.41, 5.74) is 3.59. The minimum absolute atomic E-state index is 0.429. The Kier molecular flexibility index (Phi) is 3.79. The van der Waals surface area contributed by atoms with Gasteiger partial charge in [-0.2, -0.15) is 9.61 Å². The quantitative estimate of drug-likeness (QED) is 0.454. The van der Waals surface area contributed by atoms with Gasteiger partial charge in [0, 0.05) is 31.1 Å². The molecule has 29 heavy (non-hydrogen) atoms. The molecule has 0 fully saturated rings. The molecule has 5 aromatic rings. The first-order valence-electron chi connectivity index (χ1n) is 8.70. The van der Waals surface area contributed by atoms with Crippen LogP contribution in [0.4, 0.5) is 0 Å². The van der Waals surface area contributed by atoms with E-state index in [9.17, 15) is 0 Å². The zero-order valence-electron chi connectivity index (χ0n) is 15.8. The van der Waals surface area contributed by atoms with Crippen molar-refractivity contribution in [1.29, 1.82) is 0 Å². The molecule has 0 N–H and O–H groups in total. The number of hydrogen-bond donors (Lipinski definition) is 0. The second-order valence-electron chi connectivity index (χ2n) is 6.36. The minimum atomic E-state index is 0.429. The monoisotopic (exact) mass is 389 g/mol. The highest BCUT2D eigenvalue weighted by molar-refractivity contribution is 5.88. The van der Waals surface area contributed by atoms with Gasteiger partial charge in [-0.3, -0.25) is 9.67 Å². The first-order valence-corrected chi connectivity index (χ1v) is 8.70. The molecule has 0 radical (unpaired) electrons. The molecule has 11 heteroatoms. The van der Waals surface area contributed by atoms with Crippen LogP contribution in [0.2, 0.25) is 0 Å². The highest BCUT2D eigenvalue weighted by atomic mass is 16.5. The lowest BCUT2D eigenvalue weighted by molar-refractivity contribution is 0.399. The molecule has 0 atom stereocenters. The predicted octanol–water partition coefficient (Wildman–Crippen LogP) is 1.95. The Balaban J connectivity index is 1.87. The number of nitrogens with zero attached hydrogens (tertiary/aromatic N) is 9. The summed E-state index contributed by atoms with van der Waals surface area (Å²) in [6, 6.07) is 5.52. The Morgan fingerprint density at radius 3 is 2.69 bits per heavy atom. The van der Waals surface area contributed by atoms with Gasteiger partial charge in [0.25, 0.3) is 0 Å². The van der Waals surface area contributed by atoms with Crippen LogP contribution in [0.5, 0.6) is 5.75 Å². The van der Waals surface area contributed by atoms with Crippen LogP contribution in [-0.2, 0) is 7.05 Å². The topological polar surface area (TPSA) is 122 Å². The van der Waals surface area contributed by atoms with E-state index < -0.39 is 0 Å². The lowest BCUT2D eigenvalue weighted by Crippen LogP contribution is -2.04. The highest BCUT2D eigenvalue weighted by Gasteiger charge is 2.25. The van der Waals surface area contributed by atoms with Crippen molar-refractivity contribution >= 4 is 5.65 Å². The molecular formula is C18H15N9O2. The van der Waals surface area contributed by atoms with E-state index >= 15 is 0 Å². The van der Waals surface area contributed by atoms with Gasteiger partial charge in [0.2, 0.25) is 11.5 Å². The van der Waals surface area contributed by atoms with E-state index in [2.05, 4.69) is 30.7 Å². The Labute approximate surface area is 164 Å². The number of pyridine rings is 1. The van der Waals surface area contributed by atoms with Gasteiger partial charge in [0.1, 0.15) is 17.1 Å². The third kappa shape index (κ3) is 2.71. The SMILES string of the molecule is COc1c(-c2cccnc2)c(-c2cn(C)nn2)nn2c(-c3cc(C)on3)nnc12. The largest absolute Gasteiger partial charge is 0.492 e. The molecule has 0 bridgehead atoms. The first-order chi connectivity index (χ1) is 14.2. The highest BCUT2D eigenvalue weighted by Crippen LogP contribution is 2.39. The van der Waals surface area contributed by atoms with Gasteiger partial charge in [-0.15, -0.1) is 15.3 Å². The number of methoxy groups -OCH3 is 1.